The zero-order chi connectivity index (χ0) is 16.9. The lowest BCUT2D eigenvalue weighted by atomic mass is 10.1. The number of piperidine rings is 1. The summed E-state index contributed by atoms with van der Waals surface area (Å²) in [5, 5.41) is 0. The monoisotopic (exact) mass is 340 g/mol. The van der Waals surface area contributed by atoms with E-state index in [1.807, 2.05) is 31.2 Å². The average Bonchev–Trinajstić information content (AvgIpc) is 2.46. The minimum absolute atomic E-state index is 0.0184. The van der Waals surface area contributed by atoms with Gasteiger partial charge in [-0.3, -0.25) is 4.79 Å². The van der Waals surface area contributed by atoms with Gasteiger partial charge in [0.25, 0.3) is 0 Å². The standard InChI is InChI=1S/C16H24N2O4S/c1-13-4-3-5-15(12-13)22-14-7-10-18(11-8-14)16(19)6-9-17-23(2,20)21/h3-5,12,14,17H,6-11H2,1-2H3. The van der Waals surface area contributed by atoms with Crippen LogP contribution in [0.2, 0.25) is 0 Å². The minimum Gasteiger partial charge on any atom is -0.490 e. The van der Waals surface area contributed by atoms with Crippen molar-refractivity contribution in [2.75, 3.05) is 25.9 Å². The lowest BCUT2D eigenvalue weighted by molar-refractivity contribution is -0.132. The zero-order valence-electron chi connectivity index (χ0n) is 13.6. The van der Waals surface area contributed by atoms with Gasteiger partial charge in [0.15, 0.2) is 0 Å². The SMILES string of the molecule is Cc1cccc(OC2CCN(C(=O)CCNS(C)(=O)=O)CC2)c1. The Morgan fingerprint density at radius 1 is 1.35 bits per heavy atom. The van der Waals surface area contributed by atoms with Crippen LogP contribution in [0.1, 0.15) is 24.8 Å². The number of benzene rings is 1. The number of nitrogens with zero attached hydrogens (tertiary/aromatic N) is 1. The summed E-state index contributed by atoms with van der Waals surface area (Å²) < 4.78 is 30.3. The van der Waals surface area contributed by atoms with Crippen LogP contribution in [0, 0.1) is 6.92 Å². The number of nitrogens with one attached hydrogen (secondary N) is 1. The van der Waals surface area contributed by atoms with E-state index in [1.54, 1.807) is 4.90 Å². The first-order valence-electron chi connectivity index (χ1n) is 7.79. The van der Waals surface area contributed by atoms with Crippen LogP contribution >= 0.6 is 0 Å². The quantitative estimate of drug-likeness (QED) is 0.847. The van der Waals surface area contributed by atoms with Gasteiger partial charge in [0.2, 0.25) is 15.9 Å². The highest BCUT2D eigenvalue weighted by molar-refractivity contribution is 7.88. The van der Waals surface area contributed by atoms with E-state index in [4.69, 9.17) is 4.74 Å². The number of hydrogen-bond donors (Lipinski definition) is 1. The van der Waals surface area contributed by atoms with Crippen molar-refractivity contribution in [2.24, 2.45) is 0 Å². The van der Waals surface area contributed by atoms with Gasteiger partial charge in [0.05, 0.1) is 6.26 Å². The van der Waals surface area contributed by atoms with E-state index in [-0.39, 0.29) is 25.0 Å². The molecule has 0 spiro atoms. The highest BCUT2D eigenvalue weighted by atomic mass is 32.2. The van der Waals surface area contributed by atoms with Gasteiger partial charge in [-0.1, -0.05) is 12.1 Å². The topological polar surface area (TPSA) is 75.7 Å². The van der Waals surface area contributed by atoms with Crippen LogP contribution in [-0.2, 0) is 14.8 Å². The van der Waals surface area contributed by atoms with Gasteiger partial charge in [-0.15, -0.1) is 0 Å². The molecule has 1 saturated heterocycles. The fourth-order valence-corrected chi connectivity index (χ4v) is 3.08. The van der Waals surface area contributed by atoms with E-state index in [9.17, 15) is 13.2 Å². The number of hydrogen-bond acceptors (Lipinski definition) is 4. The number of carbonyl (C=O) groups is 1. The van der Waals surface area contributed by atoms with E-state index < -0.39 is 10.0 Å². The van der Waals surface area contributed by atoms with Crippen molar-refractivity contribution in [3.8, 4) is 5.75 Å². The van der Waals surface area contributed by atoms with Crippen LogP contribution in [0.5, 0.6) is 5.75 Å². The Balaban J connectivity index is 1.74. The third-order valence-electron chi connectivity index (χ3n) is 3.79. The Hall–Kier alpha value is -1.60. The fraction of sp³-hybridized carbons (Fsp3) is 0.562. The Labute approximate surface area is 137 Å². The summed E-state index contributed by atoms with van der Waals surface area (Å²) in [6.45, 7) is 3.47. The molecule has 23 heavy (non-hydrogen) atoms. The Morgan fingerprint density at radius 2 is 2.04 bits per heavy atom. The molecule has 7 heteroatoms. The maximum Gasteiger partial charge on any atom is 0.223 e. The van der Waals surface area contributed by atoms with E-state index in [0.29, 0.717) is 13.1 Å². The Kier molecular flexibility index (Phi) is 6.01. The number of likely N-dealkylation sites (tertiary alicyclic amines) is 1. The van der Waals surface area contributed by atoms with Crippen molar-refractivity contribution in [3.05, 3.63) is 29.8 Å². The minimum atomic E-state index is -3.24. The third kappa shape index (κ3) is 6.19. The molecule has 0 aliphatic carbocycles. The second-order valence-corrected chi connectivity index (χ2v) is 7.76. The normalized spacial score (nSPS) is 16.3. The molecule has 2 rings (SSSR count). The van der Waals surface area contributed by atoms with Crippen LogP contribution in [0.3, 0.4) is 0 Å². The number of sulfonamides is 1. The molecule has 6 nitrogen and oxygen atoms in total. The van der Waals surface area contributed by atoms with Crippen LogP contribution < -0.4 is 9.46 Å². The molecule has 128 valence electrons. The predicted octanol–water partition coefficient (Wildman–Crippen LogP) is 1.30. The fourth-order valence-electron chi connectivity index (χ4n) is 2.61. The first-order valence-corrected chi connectivity index (χ1v) is 9.68. The highest BCUT2D eigenvalue weighted by Crippen LogP contribution is 2.20. The smallest absolute Gasteiger partial charge is 0.223 e. The first-order chi connectivity index (χ1) is 10.8. The molecule has 0 saturated carbocycles. The first kappa shape index (κ1) is 17.7. The molecule has 0 atom stereocenters. The molecule has 1 aromatic carbocycles. The molecule has 0 aromatic heterocycles. The van der Waals surface area contributed by atoms with Crippen molar-refractivity contribution in [1.29, 1.82) is 0 Å². The number of aryl methyl sites for hydroxylation is 1. The summed E-state index contributed by atoms with van der Waals surface area (Å²) in [5.41, 5.74) is 1.16. The molecule has 1 aliphatic heterocycles. The molecule has 0 bridgehead atoms. The van der Waals surface area contributed by atoms with Crippen LogP contribution in [0.15, 0.2) is 24.3 Å². The van der Waals surface area contributed by atoms with Crippen LogP contribution in [0.4, 0.5) is 0 Å². The number of carbonyl (C=O) groups excluding carboxylic acids is 1. The molecule has 1 fully saturated rings. The molecule has 1 amide bonds. The number of amides is 1. The van der Waals surface area contributed by atoms with Crippen molar-refractivity contribution in [2.45, 2.75) is 32.3 Å². The molecular formula is C16H24N2O4S. The van der Waals surface area contributed by atoms with Crippen molar-refractivity contribution >= 4 is 15.9 Å². The average molecular weight is 340 g/mol. The number of ether oxygens (including phenoxy) is 1. The molecule has 1 N–H and O–H groups in total. The van der Waals surface area contributed by atoms with Crippen LogP contribution in [-0.4, -0.2) is 51.2 Å². The van der Waals surface area contributed by atoms with Crippen molar-refractivity contribution in [1.82, 2.24) is 9.62 Å². The van der Waals surface area contributed by atoms with Gasteiger partial charge in [0, 0.05) is 38.9 Å². The highest BCUT2D eigenvalue weighted by Gasteiger charge is 2.23. The zero-order valence-corrected chi connectivity index (χ0v) is 14.4. The second-order valence-electron chi connectivity index (χ2n) is 5.93. The Bertz CT molecular complexity index is 637. The van der Waals surface area contributed by atoms with Gasteiger partial charge in [-0.05, 0) is 24.6 Å². The van der Waals surface area contributed by atoms with Gasteiger partial charge in [-0.2, -0.15) is 0 Å². The number of rotatable bonds is 6. The lowest BCUT2D eigenvalue weighted by Gasteiger charge is -2.32. The lowest BCUT2D eigenvalue weighted by Crippen LogP contribution is -2.42. The molecule has 1 aliphatic rings. The molecule has 1 aromatic rings. The van der Waals surface area contributed by atoms with E-state index >= 15 is 0 Å². The summed E-state index contributed by atoms with van der Waals surface area (Å²) in [6, 6.07) is 7.95. The Morgan fingerprint density at radius 3 is 2.65 bits per heavy atom. The van der Waals surface area contributed by atoms with Gasteiger partial charge < -0.3 is 9.64 Å². The summed E-state index contributed by atoms with van der Waals surface area (Å²) in [5.74, 6) is 0.849. The molecule has 0 unspecified atom stereocenters. The van der Waals surface area contributed by atoms with E-state index in [2.05, 4.69) is 4.72 Å². The van der Waals surface area contributed by atoms with Gasteiger partial charge in [-0.25, -0.2) is 13.1 Å². The third-order valence-corrected chi connectivity index (χ3v) is 4.52. The van der Waals surface area contributed by atoms with Gasteiger partial charge >= 0.3 is 0 Å². The summed E-state index contributed by atoms with van der Waals surface area (Å²) in [6.07, 6.45) is 2.98. The molecule has 1 heterocycles. The van der Waals surface area contributed by atoms with Crippen molar-refractivity contribution < 1.29 is 17.9 Å². The summed E-state index contributed by atoms with van der Waals surface area (Å²) in [4.78, 5) is 13.8. The van der Waals surface area contributed by atoms with Crippen molar-refractivity contribution in [3.63, 3.8) is 0 Å². The van der Waals surface area contributed by atoms with E-state index in [0.717, 1.165) is 30.4 Å². The molecular weight excluding hydrogens is 316 g/mol. The second kappa shape index (κ2) is 7.79. The maximum atomic E-state index is 12.0. The van der Waals surface area contributed by atoms with Gasteiger partial charge in [0.1, 0.15) is 11.9 Å². The predicted molar refractivity (Wildman–Crippen MR) is 88.9 cm³/mol. The van der Waals surface area contributed by atoms with E-state index in [1.165, 1.54) is 0 Å². The maximum absolute atomic E-state index is 12.0. The summed E-state index contributed by atoms with van der Waals surface area (Å²) >= 11 is 0. The van der Waals surface area contributed by atoms with Crippen LogP contribution in [0.25, 0.3) is 0 Å². The largest absolute Gasteiger partial charge is 0.490 e. The summed E-state index contributed by atoms with van der Waals surface area (Å²) in [7, 11) is -3.24. The molecule has 0 radical (unpaired) electrons.